The lowest BCUT2D eigenvalue weighted by atomic mass is 9.89. The minimum Gasteiger partial charge on any atom is -0.469 e. The van der Waals surface area contributed by atoms with E-state index < -0.39 is 9.84 Å². The van der Waals surface area contributed by atoms with Crippen LogP contribution in [0.5, 0.6) is 0 Å². The largest absolute Gasteiger partial charge is 0.469 e. The molecule has 21 heavy (non-hydrogen) atoms. The molecule has 0 aromatic heterocycles. The molecular formula is C15H21NO4S. The summed E-state index contributed by atoms with van der Waals surface area (Å²) in [5.74, 6) is -0.189. The van der Waals surface area contributed by atoms with Crippen LogP contribution < -0.4 is 5.32 Å². The van der Waals surface area contributed by atoms with E-state index in [0.29, 0.717) is 4.90 Å². The number of carbonyl (C=O) groups is 1. The molecule has 116 valence electrons. The van der Waals surface area contributed by atoms with Gasteiger partial charge in [0.05, 0.1) is 17.9 Å². The molecule has 1 aliphatic heterocycles. The molecule has 0 amide bonds. The van der Waals surface area contributed by atoms with Crippen LogP contribution in [0.15, 0.2) is 29.2 Å². The van der Waals surface area contributed by atoms with Crippen molar-refractivity contribution in [1.82, 2.24) is 5.32 Å². The Kier molecular flexibility index (Phi) is 5.00. The average Bonchev–Trinajstić information content (AvgIpc) is 2.46. The molecule has 1 aliphatic rings. The van der Waals surface area contributed by atoms with Crippen molar-refractivity contribution in [3.63, 3.8) is 0 Å². The average molecular weight is 311 g/mol. The Morgan fingerprint density at radius 2 is 2.00 bits per heavy atom. The van der Waals surface area contributed by atoms with Gasteiger partial charge in [0, 0.05) is 12.3 Å². The first-order valence-corrected chi connectivity index (χ1v) is 8.89. The SMILES string of the molecule is COC(=O)C1CCNC(Cc2ccc(S(C)(=O)=O)cc2)C1. The Morgan fingerprint density at radius 1 is 1.33 bits per heavy atom. The maximum atomic E-state index is 11.6. The molecule has 1 N–H and O–H groups in total. The van der Waals surface area contributed by atoms with Crippen molar-refractivity contribution in [2.45, 2.75) is 30.2 Å². The van der Waals surface area contributed by atoms with Gasteiger partial charge in [0.1, 0.15) is 0 Å². The van der Waals surface area contributed by atoms with Crippen LogP contribution in [-0.4, -0.2) is 40.3 Å². The quantitative estimate of drug-likeness (QED) is 0.845. The van der Waals surface area contributed by atoms with Crippen molar-refractivity contribution in [2.24, 2.45) is 5.92 Å². The van der Waals surface area contributed by atoms with Crippen molar-refractivity contribution in [3.05, 3.63) is 29.8 Å². The summed E-state index contributed by atoms with van der Waals surface area (Å²) < 4.78 is 27.7. The van der Waals surface area contributed by atoms with E-state index in [2.05, 4.69) is 5.32 Å². The molecule has 0 bridgehead atoms. The van der Waals surface area contributed by atoms with Gasteiger partial charge in [-0.25, -0.2) is 8.42 Å². The molecule has 1 aromatic rings. The number of esters is 1. The normalized spacial score (nSPS) is 22.8. The zero-order valence-corrected chi connectivity index (χ0v) is 13.2. The van der Waals surface area contributed by atoms with Crippen molar-refractivity contribution in [2.75, 3.05) is 19.9 Å². The number of ether oxygens (including phenoxy) is 1. The summed E-state index contributed by atoms with van der Waals surface area (Å²) in [7, 11) is -1.73. The lowest BCUT2D eigenvalue weighted by Gasteiger charge is -2.28. The highest BCUT2D eigenvalue weighted by Crippen LogP contribution is 2.21. The van der Waals surface area contributed by atoms with Crippen LogP contribution in [0, 0.1) is 5.92 Å². The molecule has 0 aliphatic carbocycles. The third-order valence-electron chi connectivity index (χ3n) is 3.86. The number of hydrogen-bond acceptors (Lipinski definition) is 5. The molecule has 1 saturated heterocycles. The van der Waals surface area contributed by atoms with Crippen molar-refractivity contribution in [3.8, 4) is 0 Å². The zero-order valence-electron chi connectivity index (χ0n) is 12.3. The van der Waals surface area contributed by atoms with Gasteiger partial charge in [0.25, 0.3) is 0 Å². The van der Waals surface area contributed by atoms with E-state index in [9.17, 15) is 13.2 Å². The van der Waals surface area contributed by atoms with Crippen LogP contribution in [0.3, 0.4) is 0 Å². The number of nitrogens with one attached hydrogen (secondary N) is 1. The molecular weight excluding hydrogens is 290 g/mol. The van der Waals surface area contributed by atoms with Gasteiger partial charge in [0.15, 0.2) is 9.84 Å². The van der Waals surface area contributed by atoms with E-state index in [0.717, 1.165) is 31.4 Å². The van der Waals surface area contributed by atoms with Crippen molar-refractivity contribution >= 4 is 15.8 Å². The fraction of sp³-hybridized carbons (Fsp3) is 0.533. The predicted octanol–water partition coefficient (Wildman–Crippen LogP) is 1.17. The van der Waals surface area contributed by atoms with Gasteiger partial charge in [-0.3, -0.25) is 4.79 Å². The Labute approximate surface area is 125 Å². The minimum atomic E-state index is -3.15. The van der Waals surface area contributed by atoms with Gasteiger partial charge in [-0.05, 0) is 43.5 Å². The maximum Gasteiger partial charge on any atom is 0.308 e. The third-order valence-corrected chi connectivity index (χ3v) is 4.99. The first-order chi connectivity index (χ1) is 9.90. The van der Waals surface area contributed by atoms with Crippen LogP contribution in [0.1, 0.15) is 18.4 Å². The van der Waals surface area contributed by atoms with Crippen molar-refractivity contribution in [1.29, 1.82) is 0 Å². The maximum absolute atomic E-state index is 11.6. The number of sulfone groups is 1. The van der Waals surface area contributed by atoms with Gasteiger partial charge < -0.3 is 10.1 Å². The number of carbonyl (C=O) groups excluding carboxylic acids is 1. The van der Waals surface area contributed by atoms with E-state index >= 15 is 0 Å². The van der Waals surface area contributed by atoms with Gasteiger partial charge in [-0.2, -0.15) is 0 Å². The molecule has 5 nitrogen and oxygen atoms in total. The first kappa shape index (κ1) is 16.0. The standard InChI is InChI=1S/C15H21NO4S/c1-20-15(17)12-7-8-16-13(10-12)9-11-3-5-14(6-4-11)21(2,18)19/h3-6,12-13,16H,7-10H2,1-2H3. The predicted molar refractivity (Wildman–Crippen MR) is 79.8 cm³/mol. The number of methoxy groups -OCH3 is 1. The molecule has 2 rings (SSSR count). The minimum absolute atomic E-state index is 0.0449. The van der Waals surface area contributed by atoms with Crippen LogP contribution in [0.4, 0.5) is 0 Å². The van der Waals surface area contributed by atoms with Gasteiger partial charge in [-0.1, -0.05) is 12.1 Å². The summed E-state index contributed by atoms with van der Waals surface area (Å²) in [6.45, 7) is 0.797. The molecule has 1 fully saturated rings. The Morgan fingerprint density at radius 3 is 2.57 bits per heavy atom. The van der Waals surface area contributed by atoms with Gasteiger partial charge in [-0.15, -0.1) is 0 Å². The Balaban J connectivity index is 2.00. The highest BCUT2D eigenvalue weighted by atomic mass is 32.2. The monoisotopic (exact) mass is 311 g/mol. The van der Waals surface area contributed by atoms with E-state index in [1.807, 2.05) is 12.1 Å². The fourth-order valence-electron chi connectivity index (χ4n) is 2.70. The molecule has 6 heteroatoms. The third kappa shape index (κ3) is 4.28. The molecule has 0 spiro atoms. The highest BCUT2D eigenvalue weighted by molar-refractivity contribution is 7.90. The molecule has 0 radical (unpaired) electrons. The number of hydrogen-bond donors (Lipinski definition) is 1. The second kappa shape index (κ2) is 6.58. The van der Waals surface area contributed by atoms with E-state index in [-0.39, 0.29) is 17.9 Å². The smallest absolute Gasteiger partial charge is 0.308 e. The summed E-state index contributed by atoms with van der Waals surface area (Å²) in [4.78, 5) is 11.9. The van der Waals surface area contributed by atoms with Crippen LogP contribution in [0.25, 0.3) is 0 Å². The summed E-state index contributed by atoms with van der Waals surface area (Å²) in [5, 5.41) is 3.40. The van der Waals surface area contributed by atoms with Gasteiger partial charge in [0.2, 0.25) is 0 Å². The van der Waals surface area contributed by atoms with Crippen molar-refractivity contribution < 1.29 is 17.9 Å². The molecule has 2 atom stereocenters. The molecule has 1 aromatic carbocycles. The Hall–Kier alpha value is -1.40. The number of piperidine rings is 1. The van der Waals surface area contributed by atoms with Gasteiger partial charge >= 0.3 is 5.97 Å². The van der Waals surface area contributed by atoms with E-state index in [1.54, 1.807) is 12.1 Å². The summed E-state index contributed by atoms with van der Waals surface area (Å²) in [5.41, 5.74) is 1.06. The van der Waals surface area contributed by atoms with E-state index in [4.69, 9.17) is 4.74 Å². The molecule has 1 heterocycles. The second-order valence-corrected chi connectivity index (χ2v) is 7.53. The molecule has 2 unspecified atom stereocenters. The topological polar surface area (TPSA) is 72.5 Å². The summed E-state index contributed by atoms with van der Waals surface area (Å²) >= 11 is 0. The highest BCUT2D eigenvalue weighted by Gasteiger charge is 2.27. The van der Waals surface area contributed by atoms with Crippen LogP contribution in [-0.2, 0) is 25.8 Å². The first-order valence-electron chi connectivity index (χ1n) is 7.00. The lowest BCUT2D eigenvalue weighted by Crippen LogP contribution is -2.42. The fourth-order valence-corrected chi connectivity index (χ4v) is 3.33. The van der Waals surface area contributed by atoms with Crippen LogP contribution >= 0.6 is 0 Å². The summed E-state index contributed by atoms with van der Waals surface area (Å²) in [6.07, 6.45) is 3.53. The number of rotatable bonds is 4. The lowest BCUT2D eigenvalue weighted by molar-refractivity contribution is -0.146. The van der Waals surface area contributed by atoms with E-state index in [1.165, 1.54) is 13.4 Å². The second-order valence-electron chi connectivity index (χ2n) is 5.52. The zero-order chi connectivity index (χ0) is 15.5. The Bertz CT molecular complexity index is 595. The molecule has 0 saturated carbocycles. The van der Waals surface area contributed by atoms with Crippen LogP contribution in [0.2, 0.25) is 0 Å². The summed E-state index contributed by atoms with van der Waals surface area (Å²) in [6, 6.07) is 7.14. The number of benzene rings is 1.